The smallest absolute Gasteiger partial charge is 0.252 e. The van der Waals surface area contributed by atoms with Gasteiger partial charge in [0.05, 0.1) is 18.0 Å². The molecule has 0 amide bonds. The summed E-state index contributed by atoms with van der Waals surface area (Å²) in [6.45, 7) is 1.13. The highest BCUT2D eigenvalue weighted by Gasteiger charge is 2.06. The molecule has 0 fully saturated rings. The van der Waals surface area contributed by atoms with Crippen molar-refractivity contribution in [3.63, 3.8) is 0 Å². The molecule has 0 aliphatic carbocycles. The van der Waals surface area contributed by atoms with Crippen LogP contribution >= 0.6 is 12.2 Å². The summed E-state index contributed by atoms with van der Waals surface area (Å²) in [6.07, 6.45) is 1.81. The Morgan fingerprint density at radius 1 is 1.53 bits per heavy atom. The number of aromatic nitrogens is 3. The summed E-state index contributed by atoms with van der Waals surface area (Å²) < 4.78 is 7.28. The number of H-pyrrole nitrogens is 2. The van der Waals surface area contributed by atoms with Crippen molar-refractivity contribution in [1.29, 1.82) is 0 Å². The van der Waals surface area contributed by atoms with Crippen molar-refractivity contribution in [2.45, 2.75) is 6.54 Å². The first-order valence-corrected chi connectivity index (χ1v) is 5.60. The summed E-state index contributed by atoms with van der Waals surface area (Å²) in [5.41, 5.74) is 1.42. The monoisotopic (exact) mass is 251 g/mol. The molecule has 0 saturated carbocycles. The molecular formula is C11H13N3O2S. The van der Waals surface area contributed by atoms with Gasteiger partial charge in [0.1, 0.15) is 0 Å². The Balaban J connectivity index is 2.56. The van der Waals surface area contributed by atoms with Gasteiger partial charge in [0.25, 0.3) is 5.56 Å². The van der Waals surface area contributed by atoms with Crippen LogP contribution in [0.25, 0.3) is 11.4 Å². The SMILES string of the molecule is COCCn1c(-c2ccc[nH]2)cc(=O)[nH]c1=S. The predicted octanol–water partition coefficient (Wildman–Crippen LogP) is 1.55. The van der Waals surface area contributed by atoms with Crippen LogP contribution < -0.4 is 5.56 Å². The van der Waals surface area contributed by atoms with E-state index in [9.17, 15) is 4.79 Å². The van der Waals surface area contributed by atoms with E-state index >= 15 is 0 Å². The van der Waals surface area contributed by atoms with Crippen LogP contribution in [-0.2, 0) is 11.3 Å². The third kappa shape index (κ3) is 2.54. The van der Waals surface area contributed by atoms with Crippen molar-refractivity contribution in [2.75, 3.05) is 13.7 Å². The average Bonchev–Trinajstić information content (AvgIpc) is 2.80. The highest BCUT2D eigenvalue weighted by molar-refractivity contribution is 7.71. The minimum atomic E-state index is -0.201. The number of ether oxygens (including phenoxy) is 1. The number of aromatic amines is 2. The van der Waals surface area contributed by atoms with Gasteiger partial charge in [-0.1, -0.05) is 0 Å². The summed E-state index contributed by atoms with van der Waals surface area (Å²) in [5.74, 6) is 0. The topological polar surface area (TPSA) is 62.8 Å². The van der Waals surface area contributed by atoms with Gasteiger partial charge in [-0.05, 0) is 24.4 Å². The normalized spacial score (nSPS) is 10.6. The first-order chi connectivity index (χ1) is 8.22. The largest absolute Gasteiger partial charge is 0.383 e. The molecule has 2 heterocycles. The highest BCUT2D eigenvalue weighted by atomic mass is 32.1. The first kappa shape index (κ1) is 11.8. The lowest BCUT2D eigenvalue weighted by atomic mass is 10.3. The Morgan fingerprint density at radius 2 is 2.35 bits per heavy atom. The van der Waals surface area contributed by atoms with Crippen molar-refractivity contribution < 1.29 is 4.74 Å². The molecule has 17 heavy (non-hydrogen) atoms. The lowest BCUT2D eigenvalue weighted by Crippen LogP contribution is -2.16. The van der Waals surface area contributed by atoms with Crippen LogP contribution in [0.5, 0.6) is 0 Å². The third-order valence-corrected chi connectivity index (χ3v) is 2.75. The molecule has 0 saturated heterocycles. The van der Waals surface area contributed by atoms with E-state index in [1.54, 1.807) is 13.3 Å². The number of nitrogens with zero attached hydrogens (tertiary/aromatic N) is 1. The fraction of sp³-hybridized carbons (Fsp3) is 0.273. The number of methoxy groups -OCH3 is 1. The zero-order chi connectivity index (χ0) is 12.3. The molecule has 0 aliphatic rings. The number of rotatable bonds is 4. The van der Waals surface area contributed by atoms with E-state index in [-0.39, 0.29) is 5.56 Å². The molecule has 0 aliphatic heterocycles. The van der Waals surface area contributed by atoms with E-state index in [4.69, 9.17) is 17.0 Å². The average molecular weight is 251 g/mol. The maximum absolute atomic E-state index is 11.5. The van der Waals surface area contributed by atoms with Crippen LogP contribution in [0.3, 0.4) is 0 Å². The molecule has 0 bridgehead atoms. The molecular weight excluding hydrogens is 238 g/mol. The molecule has 6 heteroatoms. The standard InChI is InChI=1S/C11H13N3O2S/c1-16-6-5-14-9(8-3-2-4-12-8)7-10(15)13-11(14)17/h2-4,7,12H,5-6H2,1H3,(H,13,15,17). The molecule has 0 radical (unpaired) electrons. The van der Waals surface area contributed by atoms with Crippen LogP contribution in [0, 0.1) is 4.77 Å². The summed E-state index contributed by atoms with van der Waals surface area (Å²) in [4.78, 5) is 17.1. The Kier molecular flexibility index (Phi) is 3.55. The van der Waals surface area contributed by atoms with Crippen molar-refractivity contribution in [3.8, 4) is 11.4 Å². The summed E-state index contributed by atoms with van der Waals surface area (Å²) in [6, 6.07) is 5.30. The second-order valence-corrected chi connectivity index (χ2v) is 3.94. The fourth-order valence-corrected chi connectivity index (χ4v) is 1.93. The fourth-order valence-electron chi connectivity index (χ4n) is 1.64. The predicted molar refractivity (Wildman–Crippen MR) is 67.5 cm³/mol. The third-order valence-electron chi connectivity index (χ3n) is 2.43. The summed E-state index contributed by atoms with van der Waals surface area (Å²) in [7, 11) is 1.63. The van der Waals surface area contributed by atoms with Crippen LogP contribution in [0.15, 0.2) is 29.2 Å². The van der Waals surface area contributed by atoms with E-state index in [2.05, 4.69) is 9.97 Å². The van der Waals surface area contributed by atoms with Gasteiger partial charge in [0.15, 0.2) is 4.77 Å². The maximum Gasteiger partial charge on any atom is 0.252 e. The van der Waals surface area contributed by atoms with E-state index in [0.29, 0.717) is 17.9 Å². The molecule has 0 aromatic carbocycles. The van der Waals surface area contributed by atoms with E-state index < -0.39 is 0 Å². The molecule has 2 rings (SSSR count). The van der Waals surface area contributed by atoms with Crippen LogP contribution in [0.1, 0.15) is 0 Å². The van der Waals surface area contributed by atoms with Gasteiger partial charge in [-0.2, -0.15) is 0 Å². The minimum absolute atomic E-state index is 0.201. The molecule has 2 N–H and O–H groups in total. The van der Waals surface area contributed by atoms with Crippen molar-refractivity contribution in [3.05, 3.63) is 39.5 Å². The second-order valence-electron chi connectivity index (χ2n) is 3.55. The minimum Gasteiger partial charge on any atom is -0.383 e. The zero-order valence-electron chi connectivity index (χ0n) is 9.40. The van der Waals surface area contributed by atoms with E-state index in [1.165, 1.54) is 6.07 Å². The van der Waals surface area contributed by atoms with Crippen LogP contribution in [-0.4, -0.2) is 28.3 Å². The molecule has 0 spiro atoms. The molecule has 90 valence electrons. The Morgan fingerprint density at radius 3 is 3.00 bits per heavy atom. The summed E-state index contributed by atoms with van der Waals surface area (Å²) >= 11 is 5.15. The quantitative estimate of drug-likeness (QED) is 0.810. The second kappa shape index (κ2) is 5.11. The van der Waals surface area contributed by atoms with Gasteiger partial charge >= 0.3 is 0 Å². The Hall–Kier alpha value is -1.66. The van der Waals surface area contributed by atoms with Gasteiger partial charge < -0.3 is 14.3 Å². The zero-order valence-corrected chi connectivity index (χ0v) is 10.2. The van der Waals surface area contributed by atoms with Crippen molar-refractivity contribution in [1.82, 2.24) is 14.5 Å². The molecule has 5 nitrogen and oxygen atoms in total. The number of hydrogen-bond donors (Lipinski definition) is 2. The van der Waals surface area contributed by atoms with Crippen LogP contribution in [0.2, 0.25) is 0 Å². The first-order valence-electron chi connectivity index (χ1n) is 5.19. The lowest BCUT2D eigenvalue weighted by Gasteiger charge is -2.11. The van der Waals surface area contributed by atoms with Crippen LogP contribution in [0.4, 0.5) is 0 Å². The van der Waals surface area contributed by atoms with Gasteiger partial charge in [-0.15, -0.1) is 0 Å². The molecule has 0 atom stereocenters. The number of nitrogens with one attached hydrogen (secondary N) is 2. The van der Waals surface area contributed by atoms with Gasteiger partial charge in [0, 0.05) is 25.9 Å². The number of hydrogen-bond acceptors (Lipinski definition) is 3. The molecule has 2 aromatic rings. The molecule has 0 unspecified atom stereocenters. The highest BCUT2D eigenvalue weighted by Crippen LogP contribution is 2.15. The Labute approximate surface area is 103 Å². The van der Waals surface area contributed by atoms with Crippen molar-refractivity contribution in [2.24, 2.45) is 0 Å². The summed E-state index contributed by atoms with van der Waals surface area (Å²) in [5, 5.41) is 0. The maximum atomic E-state index is 11.5. The van der Waals surface area contributed by atoms with Gasteiger partial charge in [-0.3, -0.25) is 9.78 Å². The van der Waals surface area contributed by atoms with Gasteiger partial charge in [0.2, 0.25) is 0 Å². The lowest BCUT2D eigenvalue weighted by molar-refractivity contribution is 0.186. The molecule has 2 aromatic heterocycles. The Bertz CT molecular complexity index is 598. The van der Waals surface area contributed by atoms with Crippen molar-refractivity contribution >= 4 is 12.2 Å². The van der Waals surface area contributed by atoms with Gasteiger partial charge in [-0.25, -0.2) is 0 Å². The van der Waals surface area contributed by atoms with E-state index in [1.807, 2.05) is 16.7 Å². The van der Waals surface area contributed by atoms with E-state index in [0.717, 1.165) is 11.4 Å².